The molecule has 0 unspecified atom stereocenters. The van der Waals surface area contributed by atoms with Crippen LogP contribution in [0.15, 0.2) is 0 Å². The van der Waals surface area contributed by atoms with Gasteiger partial charge >= 0.3 is 5.97 Å². The molecule has 0 heterocycles. The van der Waals surface area contributed by atoms with E-state index in [2.05, 4.69) is 5.32 Å². The smallest absolute Gasteiger partial charge is 0.328 e. The molecule has 0 spiro atoms. The normalized spacial score (nSPS) is 20.5. The number of carboxylic acids is 1. The molecule has 74 valence electrons. The van der Waals surface area contributed by atoms with Gasteiger partial charge in [-0.05, 0) is 19.8 Å². The Morgan fingerprint density at radius 1 is 1.46 bits per heavy atom. The van der Waals surface area contributed by atoms with Crippen molar-refractivity contribution >= 4 is 11.9 Å². The van der Waals surface area contributed by atoms with Crippen molar-refractivity contribution in [3.8, 4) is 0 Å². The minimum atomic E-state index is -1.20. The maximum Gasteiger partial charge on any atom is 0.328 e. The third-order valence-corrected chi connectivity index (χ3v) is 1.99. The minimum Gasteiger partial charge on any atom is -0.480 e. The van der Waals surface area contributed by atoms with Crippen molar-refractivity contribution in [1.82, 2.24) is 5.32 Å². The van der Waals surface area contributed by atoms with E-state index in [1.54, 1.807) is 0 Å². The average Bonchev–Trinajstić information content (AvgIpc) is 2.80. The molecule has 1 fully saturated rings. The summed E-state index contributed by atoms with van der Waals surface area (Å²) in [6, 6.07) is -1.19. The highest BCUT2D eigenvalue weighted by atomic mass is 16.4. The van der Waals surface area contributed by atoms with Crippen LogP contribution < -0.4 is 5.32 Å². The number of hydrogen-bond donors (Lipinski definition) is 3. The SMILES string of the molecule is C[C@@H](O)[C@@H](NC(=O)C1CC1)C(=O)O. The zero-order chi connectivity index (χ0) is 10.0. The van der Waals surface area contributed by atoms with Crippen molar-refractivity contribution in [2.75, 3.05) is 0 Å². The fourth-order valence-electron chi connectivity index (χ4n) is 1.01. The topological polar surface area (TPSA) is 86.6 Å². The number of aliphatic carboxylic acids is 1. The number of carbonyl (C=O) groups is 2. The van der Waals surface area contributed by atoms with Crippen molar-refractivity contribution < 1.29 is 19.8 Å². The van der Waals surface area contributed by atoms with E-state index in [1.165, 1.54) is 6.92 Å². The van der Waals surface area contributed by atoms with E-state index in [4.69, 9.17) is 10.2 Å². The van der Waals surface area contributed by atoms with E-state index in [1.807, 2.05) is 0 Å². The highest BCUT2D eigenvalue weighted by molar-refractivity contribution is 5.86. The molecule has 0 aromatic carbocycles. The maximum absolute atomic E-state index is 11.1. The Balaban J connectivity index is 2.46. The Hall–Kier alpha value is -1.10. The van der Waals surface area contributed by atoms with Gasteiger partial charge in [0.05, 0.1) is 6.10 Å². The van der Waals surface area contributed by atoms with Crippen LogP contribution in [0.25, 0.3) is 0 Å². The van der Waals surface area contributed by atoms with Crippen LogP contribution in [0, 0.1) is 5.92 Å². The summed E-state index contributed by atoms with van der Waals surface area (Å²) in [4.78, 5) is 21.7. The largest absolute Gasteiger partial charge is 0.480 e. The Morgan fingerprint density at radius 2 is 2.00 bits per heavy atom. The van der Waals surface area contributed by atoms with Gasteiger partial charge in [0.2, 0.25) is 5.91 Å². The van der Waals surface area contributed by atoms with Crippen LogP contribution in [0.3, 0.4) is 0 Å². The van der Waals surface area contributed by atoms with Crippen molar-refractivity contribution in [2.24, 2.45) is 5.92 Å². The fraction of sp³-hybridized carbons (Fsp3) is 0.750. The summed E-state index contributed by atoms with van der Waals surface area (Å²) in [5.41, 5.74) is 0. The molecule has 0 aromatic rings. The van der Waals surface area contributed by atoms with Gasteiger partial charge in [-0.15, -0.1) is 0 Å². The van der Waals surface area contributed by atoms with Crippen LogP contribution >= 0.6 is 0 Å². The van der Waals surface area contributed by atoms with Crippen molar-refractivity contribution in [1.29, 1.82) is 0 Å². The molecule has 2 atom stereocenters. The predicted octanol–water partition coefficient (Wildman–Crippen LogP) is -0.653. The van der Waals surface area contributed by atoms with Gasteiger partial charge < -0.3 is 15.5 Å². The molecule has 1 aliphatic carbocycles. The van der Waals surface area contributed by atoms with Crippen LogP contribution in [-0.2, 0) is 9.59 Å². The van der Waals surface area contributed by atoms with Crippen LogP contribution in [-0.4, -0.2) is 34.2 Å². The van der Waals surface area contributed by atoms with E-state index in [0.717, 1.165) is 12.8 Å². The number of nitrogens with one attached hydrogen (secondary N) is 1. The van der Waals surface area contributed by atoms with E-state index in [9.17, 15) is 9.59 Å². The predicted molar refractivity (Wildman–Crippen MR) is 44.0 cm³/mol. The number of aliphatic hydroxyl groups excluding tert-OH is 1. The van der Waals surface area contributed by atoms with E-state index >= 15 is 0 Å². The maximum atomic E-state index is 11.1. The van der Waals surface area contributed by atoms with Gasteiger partial charge in [0, 0.05) is 5.92 Å². The molecular formula is C8H13NO4. The molecule has 1 saturated carbocycles. The lowest BCUT2D eigenvalue weighted by Gasteiger charge is -2.16. The molecule has 5 nitrogen and oxygen atoms in total. The number of rotatable bonds is 4. The molecule has 0 bridgehead atoms. The third-order valence-electron chi connectivity index (χ3n) is 1.99. The number of amides is 1. The summed E-state index contributed by atoms with van der Waals surface area (Å²) in [5, 5.41) is 19.9. The molecule has 3 N–H and O–H groups in total. The molecule has 0 aromatic heterocycles. The average molecular weight is 187 g/mol. The molecule has 1 rings (SSSR count). The van der Waals surface area contributed by atoms with E-state index in [-0.39, 0.29) is 11.8 Å². The quantitative estimate of drug-likeness (QED) is 0.545. The van der Waals surface area contributed by atoms with Crippen molar-refractivity contribution in [3.05, 3.63) is 0 Å². The summed E-state index contributed by atoms with van der Waals surface area (Å²) in [7, 11) is 0. The molecule has 1 amide bonds. The van der Waals surface area contributed by atoms with Gasteiger partial charge in [-0.3, -0.25) is 4.79 Å². The highest BCUT2D eigenvalue weighted by Gasteiger charge is 2.33. The van der Waals surface area contributed by atoms with Gasteiger partial charge in [0.15, 0.2) is 6.04 Å². The number of carboxylic acid groups (broad SMARTS) is 1. The van der Waals surface area contributed by atoms with Gasteiger partial charge in [-0.2, -0.15) is 0 Å². The first kappa shape index (κ1) is 9.98. The first-order chi connectivity index (χ1) is 6.02. The lowest BCUT2D eigenvalue weighted by Crippen LogP contribution is -2.48. The lowest BCUT2D eigenvalue weighted by molar-refractivity contribution is -0.145. The minimum absolute atomic E-state index is 0.0411. The molecule has 13 heavy (non-hydrogen) atoms. The summed E-state index contributed by atoms with van der Waals surface area (Å²) < 4.78 is 0. The van der Waals surface area contributed by atoms with Crippen molar-refractivity contribution in [3.63, 3.8) is 0 Å². The summed E-state index contributed by atoms with van der Waals surface area (Å²) in [6.45, 7) is 1.34. The first-order valence-corrected chi connectivity index (χ1v) is 4.23. The van der Waals surface area contributed by atoms with Gasteiger partial charge in [-0.1, -0.05) is 0 Å². The van der Waals surface area contributed by atoms with E-state index in [0.29, 0.717) is 0 Å². The number of hydrogen-bond acceptors (Lipinski definition) is 3. The van der Waals surface area contributed by atoms with Crippen molar-refractivity contribution in [2.45, 2.75) is 31.9 Å². The Bertz CT molecular complexity index is 222. The number of aliphatic hydroxyl groups is 1. The Kier molecular flexibility index (Phi) is 2.87. The first-order valence-electron chi connectivity index (χ1n) is 4.23. The fourth-order valence-corrected chi connectivity index (χ4v) is 1.01. The second-order valence-electron chi connectivity index (χ2n) is 3.34. The lowest BCUT2D eigenvalue weighted by atomic mass is 10.2. The number of carbonyl (C=O) groups excluding carboxylic acids is 1. The Morgan fingerprint density at radius 3 is 2.31 bits per heavy atom. The van der Waals surface area contributed by atoms with Gasteiger partial charge in [-0.25, -0.2) is 4.79 Å². The standard InChI is InChI=1S/C8H13NO4/c1-4(10)6(8(12)13)9-7(11)5-2-3-5/h4-6,10H,2-3H2,1H3,(H,9,11)(H,12,13)/t4-,6-/m1/s1. The zero-order valence-corrected chi connectivity index (χ0v) is 7.36. The van der Waals surface area contributed by atoms with Crippen LogP contribution in [0.1, 0.15) is 19.8 Å². The summed E-state index contributed by atoms with van der Waals surface area (Å²) in [5.74, 6) is -1.52. The zero-order valence-electron chi connectivity index (χ0n) is 7.36. The molecule has 5 heteroatoms. The third kappa shape index (κ3) is 2.69. The van der Waals surface area contributed by atoms with Crippen LogP contribution in [0.5, 0.6) is 0 Å². The van der Waals surface area contributed by atoms with Crippen LogP contribution in [0.4, 0.5) is 0 Å². The van der Waals surface area contributed by atoms with Gasteiger partial charge in [0.1, 0.15) is 0 Å². The summed E-state index contributed by atoms with van der Waals surface area (Å²) in [6.07, 6.45) is 0.566. The monoisotopic (exact) mass is 187 g/mol. The Labute approximate surface area is 75.7 Å². The van der Waals surface area contributed by atoms with E-state index < -0.39 is 18.1 Å². The van der Waals surface area contributed by atoms with Gasteiger partial charge in [0.25, 0.3) is 0 Å². The van der Waals surface area contributed by atoms with Crippen LogP contribution in [0.2, 0.25) is 0 Å². The molecule has 0 aliphatic heterocycles. The second-order valence-corrected chi connectivity index (χ2v) is 3.34. The second kappa shape index (κ2) is 3.74. The molecule has 0 saturated heterocycles. The summed E-state index contributed by atoms with van der Waals surface area (Å²) >= 11 is 0. The molecule has 1 aliphatic rings. The molecule has 0 radical (unpaired) electrons. The molecular weight excluding hydrogens is 174 g/mol. The highest BCUT2D eigenvalue weighted by Crippen LogP contribution is 2.28.